The molecule has 7 nitrogen and oxygen atoms in total. The Bertz CT molecular complexity index is 267. The third kappa shape index (κ3) is 6.27. The molecule has 14 heavy (non-hydrogen) atoms. The van der Waals surface area contributed by atoms with E-state index in [1.807, 2.05) is 0 Å². The molecule has 0 aromatic heterocycles. The maximum atomic E-state index is 11.0. The molecule has 0 aliphatic heterocycles. The molecule has 86 valence electrons. The monoisotopic (exact) mass is 292 g/mol. The maximum Gasteiger partial charge on any atom is 0.321 e. The van der Waals surface area contributed by atoms with Gasteiger partial charge >= 0.3 is 5.97 Å². The smallest absolute Gasteiger partial charge is 0.321 e. The minimum atomic E-state index is -3.89. The lowest BCUT2D eigenvalue weighted by atomic mass is 10.5. The first-order valence-corrected chi connectivity index (χ1v) is 5.12. The number of aliphatic carboxylic acids is 1. The van der Waals surface area contributed by atoms with E-state index in [9.17, 15) is 13.2 Å². The number of hydrogen-bond acceptors (Lipinski definition) is 5. The summed E-state index contributed by atoms with van der Waals surface area (Å²) in [5.74, 6) is -1.77. The van der Waals surface area contributed by atoms with Crippen molar-refractivity contribution >= 4 is 33.0 Å². The van der Waals surface area contributed by atoms with Gasteiger partial charge in [0.2, 0.25) is 10.0 Å². The summed E-state index contributed by atoms with van der Waals surface area (Å²) in [4.78, 5) is 10.0. The summed E-state index contributed by atoms with van der Waals surface area (Å²) in [6, 6.07) is 0. The van der Waals surface area contributed by atoms with E-state index in [1.165, 1.54) is 0 Å². The Balaban J connectivity index is 0. The number of hydrogen-bond donors (Lipinski definition) is 3. The first-order chi connectivity index (χ1) is 5.90. The molecular weight excluding hydrogens is 280 g/mol. The van der Waals surface area contributed by atoms with Crippen molar-refractivity contribution in [2.45, 2.75) is 6.42 Å². The molecule has 0 unspecified atom stereocenters. The standard InChI is InChI=1S/C5H12N2O5S.BrH/c6-2-1-3-13(11,12)7(10)4-5(8)9;/h10H,1-4,6H2,(H,8,9);1H. The molecule has 4 N–H and O–H groups in total. The SMILES string of the molecule is Br.NCCCS(=O)(=O)N(O)CC(=O)O. The lowest BCUT2D eigenvalue weighted by molar-refractivity contribution is -0.142. The van der Waals surface area contributed by atoms with Gasteiger partial charge in [0.1, 0.15) is 6.54 Å². The normalized spacial score (nSPS) is 11.1. The zero-order valence-electron chi connectivity index (χ0n) is 7.29. The van der Waals surface area contributed by atoms with Crippen LogP contribution < -0.4 is 5.73 Å². The molecule has 0 saturated carbocycles. The second kappa shape index (κ2) is 7.12. The molecule has 0 fully saturated rings. The van der Waals surface area contributed by atoms with Gasteiger partial charge in [0.15, 0.2) is 0 Å². The van der Waals surface area contributed by atoms with Crippen LogP contribution in [-0.4, -0.2) is 48.0 Å². The van der Waals surface area contributed by atoms with Crippen molar-refractivity contribution in [3.8, 4) is 0 Å². The highest BCUT2D eigenvalue weighted by atomic mass is 79.9. The van der Waals surface area contributed by atoms with Gasteiger partial charge in [0.25, 0.3) is 0 Å². The number of rotatable bonds is 6. The molecule has 0 aliphatic rings. The van der Waals surface area contributed by atoms with Crippen molar-refractivity contribution in [1.29, 1.82) is 0 Å². The minimum Gasteiger partial charge on any atom is -0.480 e. The molecule has 0 amide bonds. The van der Waals surface area contributed by atoms with Crippen molar-refractivity contribution < 1.29 is 23.5 Å². The molecule has 0 atom stereocenters. The van der Waals surface area contributed by atoms with E-state index >= 15 is 0 Å². The second-order valence-corrected chi connectivity index (χ2v) is 4.33. The highest BCUT2D eigenvalue weighted by molar-refractivity contribution is 8.93. The molecule has 0 heterocycles. The fraction of sp³-hybridized carbons (Fsp3) is 0.800. The van der Waals surface area contributed by atoms with Crippen LogP contribution in [0, 0.1) is 0 Å². The molecule has 0 spiro atoms. The molecule has 0 aromatic carbocycles. The minimum absolute atomic E-state index is 0. The third-order valence-corrected chi connectivity index (χ3v) is 2.77. The number of halogens is 1. The zero-order chi connectivity index (χ0) is 10.5. The van der Waals surface area contributed by atoms with Gasteiger partial charge in [-0.1, -0.05) is 4.47 Å². The van der Waals surface area contributed by atoms with Crippen molar-refractivity contribution in [2.75, 3.05) is 18.8 Å². The maximum absolute atomic E-state index is 11.0. The topological polar surface area (TPSA) is 121 Å². The van der Waals surface area contributed by atoms with E-state index in [0.29, 0.717) is 0 Å². The second-order valence-electron chi connectivity index (χ2n) is 2.33. The average molecular weight is 293 g/mol. The molecule has 0 saturated heterocycles. The average Bonchev–Trinajstić information content (AvgIpc) is 1.99. The van der Waals surface area contributed by atoms with Crippen LogP contribution in [0.3, 0.4) is 0 Å². The van der Waals surface area contributed by atoms with Crippen LogP contribution in [0.5, 0.6) is 0 Å². The van der Waals surface area contributed by atoms with Crippen molar-refractivity contribution in [2.24, 2.45) is 5.73 Å². The summed E-state index contributed by atoms with van der Waals surface area (Å²) in [5, 5.41) is 17.0. The number of hydroxylamine groups is 1. The number of sulfonamides is 1. The number of carboxylic acids is 1. The Hall–Kier alpha value is -0.220. The lowest BCUT2D eigenvalue weighted by Crippen LogP contribution is -2.34. The Kier molecular flexibility index (Phi) is 8.25. The van der Waals surface area contributed by atoms with E-state index in [1.54, 1.807) is 0 Å². The first kappa shape index (κ1) is 16.2. The molecule has 0 aromatic rings. The number of nitrogens with zero attached hydrogens (tertiary/aromatic N) is 1. The molecule has 0 bridgehead atoms. The van der Waals surface area contributed by atoms with Crippen molar-refractivity contribution in [3.63, 3.8) is 0 Å². The molecule has 0 radical (unpaired) electrons. The third-order valence-electron chi connectivity index (χ3n) is 1.20. The van der Waals surface area contributed by atoms with Crippen LogP contribution in [0.25, 0.3) is 0 Å². The highest BCUT2D eigenvalue weighted by Crippen LogP contribution is 1.98. The Morgan fingerprint density at radius 2 is 1.93 bits per heavy atom. The van der Waals surface area contributed by atoms with Gasteiger partial charge in [-0.2, -0.15) is 0 Å². The quantitative estimate of drug-likeness (QED) is 0.541. The number of carbonyl (C=O) groups is 1. The summed E-state index contributed by atoms with van der Waals surface area (Å²) in [7, 11) is -3.89. The van der Waals surface area contributed by atoms with Crippen LogP contribution in [0.1, 0.15) is 6.42 Å². The summed E-state index contributed by atoms with van der Waals surface area (Å²) in [6.45, 7) is -0.785. The summed E-state index contributed by atoms with van der Waals surface area (Å²) in [6.07, 6.45) is 0.180. The Morgan fingerprint density at radius 3 is 2.29 bits per heavy atom. The molecule has 9 heteroatoms. The van der Waals surface area contributed by atoms with Gasteiger partial charge in [-0.05, 0) is 13.0 Å². The lowest BCUT2D eigenvalue weighted by Gasteiger charge is -2.11. The Morgan fingerprint density at radius 1 is 1.43 bits per heavy atom. The van der Waals surface area contributed by atoms with Crippen LogP contribution in [0.4, 0.5) is 0 Å². The Labute approximate surface area is 92.3 Å². The summed E-state index contributed by atoms with van der Waals surface area (Å²) in [5.41, 5.74) is 5.06. The van der Waals surface area contributed by atoms with E-state index in [0.717, 1.165) is 0 Å². The van der Waals surface area contributed by atoms with Gasteiger partial charge in [-0.25, -0.2) is 8.42 Å². The largest absolute Gasteiger partial charge is 0.480 e. The van der Waals surface area contributed by atoms with Gasteiger partial charge in [0.05, 0.1) is 5.75 Å². The molecule has 0 aliphatic carbocycles. The van der Waals surface area contributed by atoms with E-state index < -0.39 is 22.5 Å². The van der Waals surface area contributed by atoms with Crippen LogP contribution in [0.2, 0.25) is 0 Å². The number of nitrogens with two attached hydrogens (primary N) is 1. The highest BCUT2D eigenvalue weighted by Gasteiger charge is 2.21. The van der Waals surface area contributed by atoms with Crippen molar-refractivity contribution in [3.05, 3.63) is 0 Å². The molecule has 0 rings (SSSR count). The summed E-state index contributed by atoms with van der Waals surface area (Å²) >= 11 is 0. The fourth-order valence-corrected chi connectivity index (χ4v) is 1.63. The predicted octanol–water partition coefficient (Wildman–Crippen LogP) is -0.981. The van der Waals surface area contributed by atoms with E-state index in [2.05, 4.69) is 0 Å². The first-order valence-electron chi connectivity index (χ1n) is 3.51. The van der Waals surface area contributed by atoms with Gasteiger partial charge < -0.3 is 10.8 Å². The fourth-order valence-electron chi connectivity index (χ4n) is 0.585. The van der Waals surface area contributed by atoms with Crippen LogP contribution in [-0.2, 0) is 14.8 Å². The van der Waals surface area contributed by atoms with Crippen molar-refractivity contribution in [1.82, 2.24) is 4.47 Å². The van der Waals surface area contributed by atoms with Crippen LogP contribution in [0.15, 0.2) is 0 Å². The molecular formula is C5H13BrN2O5S. The van der Waals surface area contributed by atoms with Gasteiger partial charge in [-0.3, -0.25) is 10.0 Å². The summed E-state index contributed by atoms with van der Waals surface area (Å²) < 4.78 is 21.8. The number of carboxylic acid groups (broad SMARTS) is 1. The van der Waals surface area contributed by atoms with Gasteiger partial charge in [0, 0.05) is 0 Å². The van der Waals surface area contributed by atoms with E-state index in [-0.39, 0.29) is 40.2 Å². The predicted molar refractivity (Wildman–Crippen MR) is 53.9 cm³/mol. The van der Waals surface area contributed by atoms with E-state index in [4.69, 9.17) is 16.0 Å². The zero-order valence-corrected chi connectivity index (χ0v) is 9.82. The van der Waals surface area contributed by atoms with Crippen LogP contribution >= 0.6 is 17.0 Å². The van der Waals surface area contributed by atoms with Gasteiger partial charge in [-0.15, -0.1) is 17.0 Å².